The van der Waals surface area contributed by atoms with Gasteiger partial charge in [-0.25, -0.2) is 0 Å². The third-order valence-corrected chi connectivity index (χ3v) is 5.30. The third kappa shape index (κ3) is 2.97. The van der Waals surface area contributed by atoms with Crippen molar-refractivity contribution in [3.8, 4) is 34.3 Å². The second-order valence-electron chi connectivity index (χ2n) is 7.06. The Balaban J connectivity index is 1.88. The lowest BCUT2D eigenvalue weighted by molar-refractivity contribution is 0.368. The molecule has 0 spiro atoms. The Morgan fingerprint density at radius 1 is 0.852 bits per heavy atom. The Morgan fingerprint density at radius 3 is 2.19 bits per heavy atom. The van der Waals surface area contributed by atoms with Crippen LogP contribution in [0.25, 0.3) is 22.3 Å². The highest BCUT2D eigenvalue weighted by atomic mass is 16.4. The van der Waals surface area contributed by atoms with E-state index < -0.39 is 28.4 Å². The fourth-order valence-corrected chi connectivity index (χ4v) is 3.82. The SMILES string of the molecule is O=c1c(O)c(-c2cc(O)c(O)c(O)c2)oc2cc(C3CCCCC3)ccc12. The molecule has 0 saturated heterocycles. The van der Waals surface area contributed by atoms with Crippen LogP contribution in [-0.4, -0.2) is 20.4 Å². The molecule has 27 heavy (non-hydrogen) atoms. The molecule has 0 atom stereocenters. The molecular formula is C21H20O6. The maximum absolute atomic E-state index is 12.6. The summed E-state index contributed by atoms with van der Waals surface area (Å²) in [5.74, 6) is -2.20. The zero-order valence-corrected chi connectivity index (χ0v) is 14.6. The molecule has 3 aromatic rings. The Morgan fingerprint density at radius 2 is 1.52 bits per heavy atom. The fraction of sp³-hybridized carbons (Fsp3) is 0.286. The number of hydrogen-bond acceptors (Lipinski definition) is 6. The topological polar surface area (TPSA) is 111 Å². The molecule has 0 amide bonds. The highest BCUT2D eigenvalue weighted by Gasteiger charge is 2.21. The first-order chi connectivity index (χ1) is 13.0. The highest BCUT2D eigenvalue weighted by molar-refractivity contribution is 5.83. The summed E-state index contributed by atoms with van der Waals surface area (Å²) in [7, 11) is 0. The van der Waals surface area contributed by atoms with Gasteiger partial charge in [0.05, 0.1) is 5.39 Å². The van der Waals surface area contributed by atoms with Gasteiger partial charge in [-0.3, -0.25) is 4.79 Å². The van der Waals surface area contributed by atoms with Gasteiger partial charge >= 0.3 is 0 Å². The van der Waals surface area contributed by atoms with Gasteiger partial charge in [-0.1, -0.05) is 25.3 Å². The molecule has 0 aliphatic heterocycles. The molecule has 4 rings (SSSR count). The first-order valence-electron chi connectivity index (χ1n) is 9.00. The number of phenolic OH excluding ortho intramolecular Hbond substituents is 3. The van der Waals surface area contributed by atoms with Gasteiger partial charge in [0.25, 0.3) is 0 Å². The summed E-state index contributed by atoms with van der Waals surface area (Å²) >= 11 is 0. The van der Waals surface area contributed by atoms with Crippen molar-refractivity contribution in [1.82, 2.24) is 0 Å². The molecule has 1 fully saturated rings. The van der Waals surface area contributed by atoms with Crippen LogP contribution < -0.4 is 5.43 Å². The first kappa shape index (κ1) is 17.3. The van der Waals surface area contributed by atoms with Crippen LogP contribution >= 0.6 is 0 Å². The number of hydrogen-bond donors (Lipinski definition) is 4. The predicted molar refractivity (Wildman–Crippen MR) is 100 cm³/mol. The van der Waals surface area contributed by atoms with Crippen LogP contribution in [0.15, 0.2) is 39.5 Å². The van der Waals surface area contributed by atoms with Gasteiger partial charge in [0.1, 0.15) is 5.58 Å². The summed E-state index contributed by atoms with van der Waals surface area (Å²) in [4.78, 5) is 12.6. The van der Waals surface area contributed by atoms with E-state index in [2.05, 4.69) is 0 Å². The average molecular weight is 368 g/mol. The van der Waals surface area contributed by atoms with Gasteiger partial charge in [-0.05, 0) is 48.6 Å². The number of phenols is 3. The maximum atomic E-state index is 12.6. The van der Waals surface area contributed by atoms with Gasteiger partial charge in [-0.2, -0.15) is 0 Å². The summed E-state index contributed by atoms with van der Waals surface area (Å²) in [5.41, 5.74) is 0.928. The largest absolute Gasteiger partial charge is 0.504 e. The Hall–Kier alpha value is -3.15. The van der Waals surface area contributed by atoms with Crippen LogP contribution in [0.3, 0.4) is 0 Å². The summed E-state index contributed by atoms with van der Waals surface area (Å²) < 4.78 is 5.79. The van der Waals surface area contributed by atoms with Crippen LogP contribution in [0.2, 0.25) is 0 Å². The molecule has 1 heterocycles. The van der Waals surface area contributed by atoms with Crippen molar-refractivity contribution in [1.29, 1.82) is 0 Å². The zero-order chi connectivity index (χ0) is 19.1. The summed E-state index contributed by atoms with van der Waals surface area (Å²) in [6.45, 7) is 0. The van der Waals surface area contributed by atoms with Crippen LogP contribution in [-0.2, 0) is 0 Å². The van der Waals surface area contributed by atoms with Crippen LogP contribution in [0.5, 0.6) is 23.0 Å². The van der Waals surface area contributed by atoms with Crippen molar-refractivity contribution < 1.29 is 24.8 Å². The van der Waals surface area contributed by atoms with E-state index in [9.17, 15) is 25.2 Å². The van der Waals surface area contributed by atoms with Crippen molar-refractivity contribution in [2.75, 3.05) is 0 Å². The number of fused-ring (bicyclic) bond motifs is 1. The Kier molecular flexibility index (Phi) is 4.18. The van der Waals surface area contributed by atoms with Gasteiger partial charge in [-0.15, -0.1) is 0 Å². The second kappa shape index (κ2) is 6.54. The zero-order valence-electron chi connectivity index (χ0n) is 14.6. The van der Waals surface area contributed by atoms with Crippen LogP contribution in [0, 0.1) is 0 Å². The van der Waals surface area contributed by atoms with Crippen LogP contribution in [0.4, 0.5) is 0 Å². The third-order valence-electron chi connectivity index (χ3n) is 5.30. The summed E-state index contributed by atoms with van der Waals surface area (Å²) in [6, 6.07) is 7.64. The van der Waals surface area contributed by atoms with Crippen molar-refractivity contribution >= 4 is 11.0 Å². The molecule has 6 heteroatoms. The molecule has 0 unspecified atom stereocenters. The maximum Gasteiger partial charge on any atom is 0.235 e. The van der Waals surface area contributed by atoms with E-state index in [0.29, 0.717) is 11.5 Å². The van der Waals surface area contributed by atoms with E-state index in [4.69, 9.17) is 4.42 Å². The Bertz CT molecular complexity index is 1050. The summed E-state index contributed by atoms with van der Waals surface area (Å²) in [6.07, 6.45) is 5.80. The van der Waals surface area contributed by atoms with Gasteiger partial charge in [0, 0.05) is 5.56 Å². The van der Waals surface area contributed by atoms with E-state index >= 15 is 0 Å². The normalized spacial score (nSPS) is 15.3. The molecule has 1 aliphatic rings. The lowest BCUT2D eigenvalue weighted by Crippen LogP contribution is -2.06. The second-order valence-corrected chi connectivity index (χ2v) is 7.06. The molecule has 6 nitrogen and oxygen atoms in total. The molecule has 0 bridgehead atoms. The molecular weight excluding hydrogens is 348 g/mol. The monoisotopic (exact) mass is 368 g/mol. The standard InChI is InChI=1S/C21H20O6/c22-15-8-13(9-16(23)19(15)25)21-20(26)18(24)14-7-6-12(10-17(14)27-21)11-4-2-1-3-5-11/h6-11,22-23,25-26H,1-5H2. The molecule has 1 aliphatic carbocycles. The molecule has 4 N–H and O–H groups in total. The van der Waals surface area contributed by atoms with Crippen molar-refractivity contribution in [2.24, 2.45) is 0 Å². The Labute approximate surface area is 154 Å². The van der Waals surface area contributed by atoms with E-state index in [-0.39, 0.29) is 16.7 Å². The van der Waals surface area contributed by atoms with Crippen molar-refractivity contribution in [3.63, 3.8) is 0 Å². The lowest BCUT2D eigenvalue weighted by Gasteiger charge is -2.22. The first-order valence-corrected chi connectivity index (χ1v) is 9.00. The quantitative estimate of drug-likeness (QED) is 0.501. The highest BCUT2D eigenvalue weighted by Crippen LogP contribution is 2.41. The number of rotatable bonds is 2. The minimum Gasteiger partial charge on any atom is -0.504 e. The minimum atomic E-state index is -0.680. The molecule has 140 valence electrons. The van der Waals surface area contributed by atoms with Crippen LogP contribution in [0.1, 0.15) is 43.6 Å². The minimum absolute atomic E-state index is 0.0855. The number of aromatic hydroxyl groups is 4. The van der Waals surface area contributed by atoms with Gasteiger partial charge in [0.15, 0.2) is 23.0 Å². The average Bonchev–Trinajstić information content (AvgIpc) is 2.68. The summed E-state index contributed by atoms with van der Waals surface area (Å²) in [5, 5.41) is 39.5. The fourth-order valence-electron chi connectivity index (χ4n) is 3.82. The van der Waals surface area contributed by atoms with Gasteiger partial charge in [0.2, 0.25) is 11.2 Å². The molecule has 2 aromatic carbocycles. The number of benzene rings is 2. The smallest absolute Gasteiger partial charge is 0.235 e. The molecule has 1 aromatic heterocycles. The van der Waals surface area contributed by atoms with E-state index in [0.717, 1.165) is 30.5 Å². The van der Waals surface area contributed by atoms with E-state index in [1.807, 2.05) is 12.1 Å². The van der Waals surface area contributed by atoms with Crippen molar-refractivity contribution in [3.05, 3.63) is 46.1 Å². The molecule has 1 saturated carbocycles. The molecule has 0 radical (unpaired) electrons. The van der Waals surface area contributed by atoms with E-state index in [1.165, 1.54) is 19.3 Å². The predicted octanol–water partition coefficient (Wildman–Crippen LogP) is 4.33. The van der Waals surface area contributed by atoms with E-state index in [1.54, 1.807) is 6.07 Å². The van der Waals surface area contributed by atoms with Gasteiger partial charge < -0.3 is 24.8 Å². The van der Waals surface area contributed by atoms with Crippen molar-refractivity contribution in [2.45, 2.75) is 38.0 Å². The lowest BCUT2D eigenvalue weighted by atomic mass is 9.84.